The Kier molecular flexibility index (Phi) is 5.11. The van der Waals surface area contributed by atoms with E-state index in [-0.39, 0.29) is 11.8 Å². The number of halogens is 1. The average Bonchev–Trinajstić information content (AvgIpc) is 2.46. The topological polar surface area (TPSA) is 80.0 Å². The Morgan fingerprint density at radius 3 is 2.35 bits per heavy atom. The number of carbonyl (C=O) groups is 1. The standard InChI is InChI=1S/C17H21ClN4O/c1-9-5-10(2)16(11(3)6-9)22-17-15(19)13(7-12(4)20-17)21-14(23)8-18/h5-7H,8,19H2,1-4H3,(H2,20,21,22,23). The fourth-order valence-corrected chi connectivity index (χ4v) is 2.63. The number of alkyl halides is 1. The number of hydrogen-bond donors (Lipinski definition) is 3. The molecule has 0 aliphatic rings. The van der Waals surface area contributed by atoms with Gasteiger partial charge in [-0.15, -0.1) is 11.6 Å². The summed E-state index contributed by atoms with van der Waals surface area (Å²) in [6, 6.07) is 5.91. The molecule has 0 saturated carbocycles. The van der Waals surface area contributed by atoms with Crippen LogP contribution in [0.4, 0.5) is 22.9 Å². The SMILES string of the molecule is Cc1cc(C)c(Nc2nc(C)cc(NC(=O)CCl)c2N)c(C)c1. The zero-order valence-electron chi connectivity index (χ0n) is 13.7. The first-order chi connectivity index (χ1) is 10.8. The van der Waals surface area contributed by atoms with Gasteiger partial charge in [0, 0.05) is 11.4 Å². The molecular weight excluding hydrogens is 312 g/mol. The number of benzene rings is 1. The number of aryl methyl sites for hydroxylation is 4. The molecule has 1 aromatic carbocycles. The highest BCUT2D eigenvalue weighted by molar-refractivity contribution is 6.29. The van der Waals surface area contributed by atoms with Crippen LogP contribution in [0.1, 0.15) is 22.4 Å². The summed E-state index contributed by atoms with van der Waals surface area (Å²) in [5, 5.41) is 5.98. The normalized spacial score (nSPS) is 10.5. The Morgan fingerprint density at radius 1 is 1.17 bits per heavy atom. The van der Waals surface area contributed by atoms with E-state index in [9.17, 15) is 4.79 Å². The van der Waals surface area contributed by atoms with E-state index in [1.54, 1.807) is 6.07 Å². The molecule has 2 aromatic rings. The summed E-state index contributed by atoms with van der Waals surface area (Å²) in [6.45, 7) is 7.97. The lowest BCUT2D eigenvalue weighted by Gasteiger charge is -2.17. The van der Waals surface area contributed by atoms with Gasteiger partial charge in [-0.05, 0) is 44.9 Å². The van der Waals surface area contributed by atoms with Crippen LogP contribution in [-0.4, -0.2) is 16.8 Å². The molecule has 4 N–H and O–H groups in total. The third kappa shape index (κ3) is 3.93. The van der Waals surface area contributed by atoms with Crippen molar-refractivity contribution < 1.29 is 4.79 Å². The summed E-state index contributed by atoms with van der Waals surface area (Å²) < 4.78 is 0. The van der Waals surface area contributed by atoms with Crippen molar-refractivity contribution in [2.75, 3.05) is 22.2 Å². The predicted molar refractivity (Wildman–Crippen MR) is 96.7 cm³/mol. The van der Waals surface area contributed by atoms with Crippen LogP contribution in [0.15, 0.2) is 18.2 Å². The second-order valence-corrected chi connectivity index (χ2v) is 5.92. The summed E-state index contributed by atoms with van der Waals surface area (Å²) in [4.78, 5) is 16.0. The molecule has 0 fully saturated rings. The van der Waals surface area contributed by atoms with Gasteiger partial charge in [-0.1, -0.05) is 17.7 Å². The van der Waals surface area contributed by atoms with Crippen LogP contribution in [0.3, 0.4) is 0 Å². The van der Waals surface area contributed by atoms with E-state index in [1.807, 2.05) is 20.8 Å². The minimum absolute atomic E-state index is 0.125. The minimum Gasteiger partial charge on any atom is -0.394 e. The Labute approximate surface area is 141 Å². The number of aromatic nitrogens is 1. The molecule has 0 spiro atoms. The highest BCUT2D eigenvalue weighted by Crippen LogP contribution is 2.32. The number of nitrogens with zero attached hydrogens (tertiary/aromatic N) is 1. The third-order valence-corrected chi connectivity index (χ3v) is 3.75. The maximum Gasteiger partial charge on any atom is 0.239 e. The Balaban J connectivity index is 2.43. The van der Waals surface area contributed by atoms with Gasteiger partial charge >= 0.3 is 0 Å². The molecule has 5 nitrogen and oxygen atoms in total. The van der Waals surface area contributed by atoms with Crippen molar-refractivity contribution in [1.82, 2.24) is 4.98 Å². The summed E-state index contributed by atoms with van der Waals surface area (Å²) in [6.07, 6.45) is 0. The van der Waals surface area contributed by atoms with Gasteiger partial charge in [0.2, 0.25) is 5.91 Å². The molecule has 1 heterocycles. The number of amides is 1. The number of nitrogen functional groups attached to an aromatic ring is 1. The van der Waals surface area contributed by atoms with Gasteiger partial charge in [0.25, 0.3) is 0 Å². The van der Waals surface area contributed by atoms with Crippen molar-refractivity contribution in [2.24, 2.45) is 0 Å². The van der Waals surface area contributed by atoms with Crippen molar-refractivity contribution in [3.8, 4) is 0 Å². The van der Waals surface area contributed by atoms with Crippen molar-refractivity contribution in [3.63, 3.8) is 0 Å². The second-order valence-electron chi connectivity index (χ2n) is 5.65. The largest absolute Gasteiger partial charge is 0.394 e. The molecule has 0 atom stereocenters. The highest BCUT2D eigenvalue weighted by Gasteiger charge is 2.13. The molecule has 2 rings (SSSR count). The lowest BCUT2D eigenvalue weighted by atomic mass is 10.0. The van der Waals surface area contributed by atoms with Crippen LogP contribution in [-0.2, 0) is 4.79 Å². The van der Waals surface area contributed by atoms with Gasteiger partial charge in [-0.3, -0.25) is 4.79 Å². The first kappa shape index (κ1) is 17.1. The van der Waals surface area contributed by atoms with Crippen molar-refractivity contribution in [2.45, 2.75) is 27.7 Å². The third-order valence-electron chi connectivity index (χ3n) is 3.50. The Hall–Kier alpha value is -2.27. The van der Waals surface area contributed by atoms with E-state index in [0.717, 1.165) is 22.5 Å². The van der Waals surface area contributed by atoms with E-state index in [1.165, 1.54) is 5.56 Å². The van der Waals surface area contributed by atoms with E-state index in [2.05, 4.69) is 34.7 Å². The van der Waals surface area contributed by atoms with E-state index < -0.39 is 0 Å². The van der Waals surface area contributed by atoms with Crippen molar-refractivity contribution in [1.29, 1.82) is 0 Å². The number of rotatable bonds is 4. The molecule has 0 saturated heterocycles. The zero-order chi connectivity index (χ0) is 17.1. The second kappa shape index (κ2) is 6.87. The molecule has 0 unspecified atom stereocenters. The Morgan fingerprint density at radius 2 is 1.78 bits per heavy atom. The molecule has 122 valence electrons. The maximum atomic E-state index is 11.5. The predicted octanol–water partition coefficient (Wildman–Crippen LogP) is 3.82. The lowest BCUT2D eigenvalue weighted by Crippen LogP contribution is -2.15. The van der Waals surface area contributed by atoms with Crippen LogP contribution in [0.5, 0.6) is 0 Å². The molecule has 6 heteroatoms. The van der Waals surface area contributed by atoms with E-state index in [4.69, 9.17) is 17.3 Å². The summed E-state index contributed by atoms with van der Waals surface area (Å²) in [5.41, 5.74) is 12.2. The molecular formula is C17H21ClN4O. The van der Waals surface area contributed by atoms with Crippen LogP contribution >= 0.6 is 11.6 Å². The molecule has 0 bridgehead atoms. The van der Waals surface area contributed by atoms with Crippen LogP contribution in [0.25, 0.3) is 0 Å². The average molecular weight is 333 g/mol. The van der Waals surface area contributed by atoms with Gasteiger partial charge in [-0.2, -0.15) is 0 Å². The smallest absolute Gasteiger partial charge is 0.239 e. The van der Waals surface area contributed by atoms with E-state index in [0.29, 0.717) is 17.2 Å². The van der Waals surface area contributed by atoms with Crippen LogP contribution in [0, 0.1) is 27.7 Å². The van der Waals surface area contributed by atoms with E-state index >= 15 is 0 Å². The van der Waals surface area contributed by atoms with Gasteiger partial charge in [-0.25, -0.2) is 4.98 Å². The summed E-state index contributed by atoms with van der Waals surface area (Å²) >= 11 is 5.54. The molecule has 1 aromatic heterocycles. The fraction of sp³-hybridized carbons (Fsp3) is 0.294. The first-order valence-corrected chi connectivity index (χ1v) is 7.83. The molecule has 0 aliphatic heterocycles. The molecule has 1 amide bonds. The summed E-state index contributed by atoms with van der Waals surface area (Å²) in [7, 11) is 0. The number of anilines is 4. The number of carbonyl (C=O) groups excluding carboxylic acids is 1. The first-order valence-electron chi connectivity index (χ1n) is 7.29. The number of nitrogens with two attached hydrogens (primary N) is 1. The van der Waals surface area contributed by atoms with Crippen LogP contribution in [0.2, 0.25) is 0 Å². The minimum atomic E-state index is -0.308. The van der Waals surface area contributed by atoms with Crippen molar-refractivity contribution in [3.05, 3.63) is 40.6 Å². The maximum absolute atomic E-state index is 11.5. The number of pyridine rings is 1. The lowest BCUT2D eigenvalue weighted by molar-refractivity contribution is -0.113. The number of nitrogens with one attached hydrogen (secondary N) is 2. The quantitative estimate of drug-likeness (QED) is 0.743. The van der Waals surface area contributed by atoms with Gasteiger partial charge < -0.3 is 16.4 Å². The zero-order valence-corrected chi connectivity index (χ0v) is 14.5. The highest BCUT2D eigenvalue weighted by atomic mass is 35.5. The molecule has 0 aliphatic carbocycles. The Bertz CT molecular complexity index is 735. The molecule has 23 heavy (non-hydrogen) atoms. The monoisotopic (exact) mass is 332 g/mol. The van der Waals surface area contributed by atoms with Gasteiger partial charge in [0.15, 0.2) is 5.82 Å². The fourth-order valence-electron chi connectivity index (χ4n) is 2.56. The summed E-state index contributed by atoms with van der Waals surface area (Å²) in [5.74, 6) is 0.0854. The van der Waals surface area contributed by atoms with Crippen molar-refractivity contribution >= 4 is 40.4 Å². The van der Waals surface area contributed by atoms with Crippen LogP contribution < -0.4 is 16.4 Å². The van der Waals surface area contributed by atoms with Gasteiger partial charge in [0.05, 0.1) is 11.4 Å². The number of hydrogen-bond acceptors (Lipinski definition) is 4. The van der Waals surface area contributed by atoms with Gasteiger partial charge in [0.1, 0.15) is 5.88 Å². The molecule has 0 radical (unpaired) electrons.